The van der Waals surface area contributed by atoms with Gasteiger partial charge in [-0.15, -0.1) is 0 Å². The summed E-state index contributed by atoms with van der Waals surface area (Å²) in [6.07, 6.45) is -3.96. The molecule has 0 amide bonds. The predicted octanol–water partition coefficient (Wildman–Crippen LogP) is 4.78. The molecule has 1 aliphatic rings. The van der Waals surface area contributed by atoms with Crippen LogP contribution in [0.15, 0.2) is 48.5 Å². The monoisotopic (exact) mass is 436 g/mol. The Morgan fingerprint density at radius 1 is 1.03 bits per heavy atom. The second-order valence-electron chi connectivity index (χ2n) is 8.15. The molecule has 0 aromatic heterocycles. The standard InChI is InChI=1S/C24H31F3N2O2/c1-3-18(2)22-9-4-5-10-23(22)31-17-21(30)16-28-11-13-29(14-12-28)20-8-6-7-19(15-20)24(25,26)27/h4-10,15,18,21,30H,3,11-14,16-17H2,1-2H3/t18-,21+/m1/s1. The van der Waals surface area contributed by atoms with Crippen molar-refractivity contribution >= 4 is 5.69 Å². The predicted molar refractivity (Wildman–Crippen MR) is 117 cm³/mol. The number of aliphatic hydroxyl groups excluding tert-OH is 1. The first-order valence-corrected chi connectivity index (χ1v) is 10.8. The van der Waals surface area contributed by atoms with Crippen LogP contribution >= 0.6 is 0 Å². The number of aliphatic hydroxyl groups is 1. The van der Waals surface area contributed by atoms with Crippen molar-refractivity contribution in [1.29, 1.82) is 0 Å². The molecule has 170 valence electrons. The summed E-state index contributed by atoms with van der Waals surface area (Å²) in [5.41, 5.74) is 1.10. The van der Waals surface area contributed by atoms with E-state index in [1.54, 1.807) is 6.07 Å². The van der Waals surface area contributed by atoms with Crippen LogP contribution in [0.3, 0.4) is 0 Å². The molecule has 7 heteroatoms. The van der Waals surface area contributed by atoms with E-state index in [-0.39, 0.29) is 6.61 Å². The summed E-state index contributed by atoms with van der Waals surface area (Å²) >= 11 is 0. The third kappa shape index (κ3) is 6.37. The number of hydrogen-bond donors (Lipinski definition) is 1. The normalized spacial score (nSPS) is 17.4. The zero-order chi connectivity index (χ0) is 22.4. The lowest BCUT2D eigenvalue weighted by atomic mass is 9.98. The molecule has 0 unspecified atom stereocenters. The number of β-amino-alcohol motifs (C(OH)–C–C–N with tert-alkyl or cyclic N) is 1. The molecule has 0 aliphatic carbocycles. The number of ether oxygens (including phenoxy) is 1. The lowest BCUT2D eigenvalue weighted by Crippen LogP contribution is -2.49. The number of alkyl halides is 3. The smallest absolute Gasteiger partial charge is 0.416 e. The van der Waals surface area contributed by atoms with E-state index in [0.29, 0.717) is 44.3 Å². The van der Waals surface area contributed by atoms with Crippen LogP contribution in [0.4, 0.5) is 18.9 Å². The highest BCUT2D eigenvalue weighted by atomic mass is 19.4. The van der Waals surface area contributed by atoms with E-state index < -0.39 is 17.8 Å². The number of benzene rings is 2. The largest absolute Gasteiger partial charge is 0.491 e. The summed E-state index contributed by atoms with van der Waals surface area (Å²) in [5.74, 6) is 1.20. The molecule has 0 spiro atoms. The molecule has 0 bridgehead atoms. The Morgan fingerprint density at radius 3 is 2.42 bits per heavy atom. The molecular formula is C24H31F3N2O2. The van der Waals surface area contributed by atoms with Crippen molar-refractivity contribution in [2.24, 2.45) is 0 Å². The van der Waals surface area contributed by atoms with Gasteiger partial charge in [0, 0.05) is 38.4 Å². The maximum atomic E-state index is 13.0. The summed E-state index contributed by atoms with van der Waals surface area (Å²) < 4.78 is 44.8. The Kier molecular flexibility index (Phi) is 7.84. The summed E-state index contributed by atoms with van der Waals surface area (Å²) in [5, 5.41) is 10.5. The summed E-state index contributed by atoms with van der Waals surface area (Å²) in [4.78, 5) is 4.08. The van der Waals surface area contributed by atoms with E-state index in [1.807, 2.05) is 23.1 Å². The van der Waals surface area contributed by atoms with Gasteiger partial charge in [-0.1, -0.05) is 38.1 Å². The maximum Gasteiger partial charge on any atom is 0.416 e. The zero-order valence-electron chi connectivity index (χ0n) is 18.1. The first-order chi connectivity index (χ1) is 14.8. The van der Waals surface area contributed by atoms with Gasteiger partial charge < -0.3 is 14.7 Å². The molecule has 2 aromatic carbocycles. The summed E-state index contributed by atoms with van der Waals surface area (Å²) in [7, 11) is 0. The van der Waals surface area contributed by atoms with Crippen molar-refractivity contribution in [1.82, 2.24) is 4.90 Å². The molecule has 1 heterocycles. The minimum Gasteiger partial charge on any atom is -0.491 e. The fourth-order valence-corrected chi connectivity index (χ4v) is 3.84. The maximum absolute atomic E-state index is 13.0. The number of piperazine rings is 1. The number of hydrogen-bond acceptors (Lipinski definition) is 4. The van der Waals surface area contributed by atoms with Crippen LogP contribution in [0.1, 0.15) is 37.3 Å². The molecule has 0 saturated carbocycles. The van der Waals surface area contributed by atoms with Crippen LogP contribution in [0.5, 0.6) is 5.75 Å². The summed E-state index contributed by atoms with van der Waals surface area (Å²) in [6.45, 7) is 7.56. The minimum absolute atomic E-state index is 0.210. The molecule has 2 aromatic rings. The molecule has 1 N–H and O–H groups in total. The van der Waals surface area contributed by atoms with Gasteiger partial charge >= 0.3 is 6.18 Å². The first kappa shape index (κ1) is 23.4. The second-order valence-corrected chi connectivity index (χ2v) is 8.15. The first-order valence-electron chi connectivity index (χ1n) is 10.8. The molecule has 1 saturated heterocycles. The lowest BCUT2D eigenvalue weighted by molar-refractivity contribution is -0.137. The SMILES string of the molecule is CC[C@@H](C)c1ccccc1OC[C@@H](O)CN1CCN(c2cccc(C(F)(F)F)c2)CC1. The van der Waals surface area contributed by atoms with Gasteiger partial charge in [0.15, 0.2) is 0 Å². The van der Waals surface area contributed by atoms with Gasteiger partial charge in [0.25, 0.3) is 0 Å². The molecule has 4 nitrogen and oxygen atoms in total. The van der Waals surface area contributed by atoms with Crippen LogP contribution in [-0.2, 0) is 6.18 Å². The number of halogens is 3. The van der Waals surface area contributed by atoms with E-state index in [2.05, 4.69) is 24.8 Å². The molecule has 3 rings (SSSR count). The number of rotatable bonds is 8. The van der Waals surface area contributed by atoms with Crippen molar-refractivity contribution < 1.29 is 23.0 Å². The van der Waals surface area contributed by atoms with Crippen molar-refractivity contribution in [2.75, 3.05) is 44.2 Å². The second kappa shape index (κ2) is 10.4. The topological polar surface area (TPSA) is 35.9 Å². The average molecular weight is 437 g/mol. The summed E-state index contributed by atoms with van der Waals surface area (Å²) in [6, 6.07) is 13.4. The fraction of sp³-hybridized carbons (Fsp3) is 0.500. The Hall–Kier alpha value is -2.25. The van der Waals surface area contributed by atoms with E-state index in [9.17, 15) is 18.3 Å². The van der Waals surface area contributed by atoms with Gasteiger partial charge in [-0.3, -0.25) is 4.90 Å². The third-order valence-corrected chi connectivity index (χ3v) is 5.87. The van der Waals surface area contributed by atoms with Gasteiger partial charge in [-0.25, -0.2) is 0 Å². The Morgan fingerprint density at radius 2 is 1.74 bits per heavy atom. The average Bonchev–Trinajstić information content (AvgIpc) is 2.77. The minimum atomic E-state index is -4.34. The zero-order valence-corrected chi connectivity index (χ0v) is 18.1. The van der Waals surface area contributed by atoms with Crippen molar-refractivity contribution in [3.63, 3.8) is 0 Å². The number of anilines is 1. The Labute approximate surface area is 182 Å². The molecule has 1 fully saturated rings. The van der Waals surface area contributed by atoms with Crippen LogP contribution in [0.2, 0.25) is 0 Å². The van der Waals surface area contributed by atoms with Gasteiger partial charge in [-0.2, -0.15) is 13.2 Å². The van der Waals surface area contributed by atoms with Crippen LogP contribution < -0.4 is 9.64 Å². The van der Waals surface area contributed by atoms with E-state index >= 15 is 0 Å². The molecule has 1 aliphatic heterocycles. The van der Waals surface area contributed by atoms with Gasteiger partial charge in [0.05, 0.1) is 5.56 Å². The highest BCUT2D eigenvalue weighted by Crippen LogP contribution is 2.32. The van der Waals surface area contributed by atoms with Crippen molar-refractivity contribution in [3.8, 4) is 5.75 Å². The van der Waals surface area contributed by atoms with Gasteiger partial charge in [0.2, 0.25) is 0 Å². The van der Waals surface area contributed by atoms with Gasteiger partial charge in [-0.05, 0) is 42.2 Å². The quantitative estimate of drug-likeness (QED) is 0.646. The number of para-hydroxylation sites is 1. The van der Waals surface area contributed by atoms with Crippen molar-refractivity contribution in [2.45, 2.75) is 38.5 Å². The molecular weight excluding hydrogens is 405 g/mol. The van der Waals surface area contributed by atoms with Crippen LogP contribution in [0, 0.1) is 0 Å². The fourth-order valence-electron chi connectivity index (χ4n) is 3.84. The van der Waals surface area contributed by atoms with Crippen LogP contribution in [0.25, 0.3) is 0 Å². The highest BCUT2D eigenvalue weighted by Gasteiger charge is 2.31. The van der Waals surface area contributed by atoms with E-state index in [0.717, 1.165) is 23.8 Å². The molecule has 31 heavy (non-hydrogen) atoms. The highest BCUT2D eigenvalue weighted by molar-refractivity contribution is 5.49. The van der Waals surface area contributed by atoms with Crippen LogP contribution in [-0.4, -0.2) is 55.4 Å². The number of nitrogens with zero attached hydrogens (tertiary/aromatic N) is 2. The Bertz CT molecular complexity index is 836. The van der Waals surface area contributed by atoms with Gasteiger partial charge in [0.1, 0.15) is 18.5 Å². The van der Waals surface area contributed by atoms with Crippen molar-refractivity contribution in [3.05, 3.63) is 59.7 Å². The van der Waals surface area contributed by atoms with E-state index in [4.69, 9.17) is 4.74 Å². The van der Waals surface area contributed by atoms with E-state index in [1.165, 1.54) is 12.1 Å². The third-order valence-electron chi connectivity index (χ3n) is 5.87. The molecule has 0 radical (unpaired) electrons. The Balaban J connectivity index is 1.48. The lowest BCUT2D eigenvalue weighted by Gasteiger charge is -2.37. The molecule has 2 atom stereocenters.